The number of ketones is 1. The molecule has 5 nitrogen and oxygen atoms in total. The van der Waals surface area contributed by atoms with Gasteiger partial charge in [0.05, 0.1) is 11.8 Å². The summed E-state index contributed by atoms with van der Waals surface area (Å²) >= 11 is 0. The Labute approximate surface area is 177 Å². The predicted molar refractivity (Wildman–Crippen MR) is 112 cm³/mol. The molecule has 0 spiro atoms. The Balaban J connectivity index is 1.22. The van der Waals surface area contributed by atoms with Crippen LogP contribution < -0.4 is 5.32 Å². The maximum absolute atomic E-state index is 13.7. The molecule has 4 rings (SSSR count). The topological polar surface area (TPSA) is 65.4 Å². The van der Waals surface area contributed by atoms with Gasteiger partial charge in [0.15, 0.2) is 0 Å². The minimum absolute atomic E-state index is 0.0287. The van der Waals surface area contributed by atoms with E-state index in [2.05, 4.69) is 17.1 Å². The van der Waals surface area contributed by atoms with Gasteiger partial charge in [0, 0.05) is 30.5 Å². The van der Waals surface area contributed by atoms with Gasteiger partial charge in [0.1, 0.15) is 24.3 Å². The highest BCUT2D eigenvalue weighted by atomic mass is 19.1. The van der Waals surface area contributed by atoms with E-state index in [9.17, 15) is 9.18 Å². The van der Waals surface area contributed by atoms with Crippen LogP contribution in [-0.2, 0) is 16.1 Å². The maximum Gasteiger partial charge on any atom is 0.144 e. The largest absolute Gasteiger partial charge is 0.496 e. The molecule has 3 aliphatic rings. The zero-order chi connectivity index (χ0) is 21.1. The van der Waals surface area contributed by atoms with Gasteiger partial charge in [-0.2, -0.15) is 5.26 Å². The second kappa shape index (κ2) is 9.11. The van der Waals surface area contributed by atoms with Gasteiger partial charge in [-0.1, -0.05) is 11.6 Å². The van der Waals surface area contributed by atoms with Crippen LogP contribution in [0.25, 0.3) is 0 Å². The normalized spacial score (nSPS) is 22.5. The molecule has 1 fully saturated rings. The summed E-state index contributed by atoms with van der Waals surface area (Å²) in [7, 11) is 0. The quantitative estimate of drug-likeness (QED) is 0.780. The van der Waals surface area contributed by atoms with Crippen molar-refractivity contribution >= 4 is 5.78 Å². The molecule has 2 aliphatic heterocycles. The van der Waals surface area contributed by atoms with E-state index in [1.165, 1.54) is 23.3 Å². The van der Waals surface area contributed by atoms with Crippen molar-refractivity contribution in [1.82, 2.24) is 10.2 Å². The van der Waals surface area contributed by atoms with Crippen LogP contribution in [0, 0.1) is 23.1 Å². The Morgan fingerprint density at radius 2 is 2.13 bits per heavy atom. The number of fused-ring (bicyclic) bond motifs is 1. The first-order valence-corrected chi connectivity index (χ1v) is 10.7. The Hall–Kier alpha value is -2.49. The predicted octanol–water partition coefficient (Wildman–Crippen LogP) is 3.46. The molecule has 1 aromatic carbocycles. The Bertz CT molecular complexity index is 923. The molecule has 0 aromatic heterocycles. The van der Waals surface area contributed by atoms with Gasteiger partial charge in [-0.25, -0.2) is 4.39 Å². The zero-order valence-electron chi connectivity index (χ0n) is 17.4. The minimum atomic E-state index is -0.457. The zero-order valence-corrected chi connectivity index (χ0v) is 17.4. The number of piperidine rings is 1. The third-order valence-electron chi connectivity index (χ3n) is 6.66. The average Bonchev–Trinajstić information content (AvgIpc) is 3.21. The lowest BCUT2D eigenvalue weighted by molar-refractivity contribution is -0.121. The van der Waals surface area contributed by atoms with E-state index in [1.54, 1.807) is 12.3 Å². The third kappa shape index (κ3) is 4.48. The van der Waals surface area contributed by atoms with Crippen LogP contribution in [0.3, 0.4) is 0 Å². The molecule has 0 bridgehead atoms. The number of carbonyl (C=O) groups is 1. The molecule has 1 unspecified atom stereocenters. The fraction of sp³-hybridized carbons (Fsp3) is 0.500. The lowest BCUT2D eigenvalue weighted by Gasteiger charge is -2.34. The molecular weight excluding hydrogens is 381 g/mol. The van der Waals surface area contributed by atoms with Gasteiger partial charge in [-0.15, -0.1) is 0 Å². The summed E-state index contributed by atoms with van der Waals surface area (Å²) in [6.07, 6.45) is 5.22. The molecule has 2 heterocycles. The van der Waals surface area contributed by atoms with Crippen molar-refractivity contribution in [2.75, 3.05) is 26.2 Å². The third-order valence-corrected chi connectivity index (χ3v) is 6.66. The molecular formula is C24H28FN3O2. The average molecular weight is 410 g/mol. The molecule has 1 atom stereocenters. The van der Waals surface area contributed by atoms with E-state index >= 15 is 0 Å². The van der Waals surface area contributed by atoms with Crippen LogP contribution in [0.4, 0.5) is 4.39 Å². The fourth-order valence-electron chi connectivity index (χ4n) is 4.74. The lowest BCUT2D eigenvalue weighted by atomic mass is 9.79. The first-order valence-electron chi connectivity index (χ1n) is 10.7. The summed E-state index contributed by atoms with van der Waals surface area (Å²) in [6.45, 7) is 6.25. The Morgan fingerprint density at radius 1 is 1.33 bits per heavy atom. The van der Waals surface area contributed by atoms with Gasteiger partial charge in [0.2, 0.25) is 0 Å². The van der Waals surface area contributed by atoms with E-state index in [4.69, 9.17) is 10.00 Å². The summed E-state index contributed by atoms with van der Waals surface area (Å²) < 4.78 is 19.2. The van der Waals surface area contributed by atoms with Crippen molar-refractivity contribution in [2.45, 2.75) is 45.2 Å². The highest BCUT2D eigenvalue weighted by Gasteiger charge is 2.33. The number of allylic oxidation sites excluding steroid dienone is 1. The van der Waals surface area contributed by atoms with Crippen LogP contribution in [0.1, 0.15) is 43.7 Å². The van der Waals surface area contributed by atoms with Crippen LogP contribution in [0.5, 0.6) is 0 Å². The number of likely N-dealkylation sites (tertiary alicyclic amines) is 1. The summed E-state index contributed by atoms with van der Waals surface area (Å²) in [5, 5.41) is 12.3. The van der Waals surface area contributed by atoms with Gasteiger partial charge < -0.3 is 15.0 Å². The summed E-state index contributed by atoms with van der Waals surface area (Å²) in [5.41, 5.74) is 4.45. The number of hydrogen-bond donors (Lipinski definition) is 1. The van der Waals surface area contributed by atoms with Crippen LogP contribution >= 0.6 is 0 Å². The maximum atomic E-state index is 13.7. The molecule has 0 saturated carbocycles. The molecule has 158 valence electrons. The first-order chi connectivity index (χ1) is 14.5. The standard InChI is InChI=1S/C24H28FN3O2/c1-16-21(24(29)11-19-14-30-15-22(16)19)6-9-28-7-4-20(5-8-28)27-13-17-2-3-18(12-26)23(25)10-17/h2-3,10,14,20-21,27H,4-9,11,13,15H2,1H3. The molecule has 1 aliphatic carbocycles. The number of benzene rings is 1. The molecule has 6 heteroatoms. The second-order valence-electron chi connectivity index (χ2n) is 8.52. The number of Topliss-reactive ketones (excluding diaryl/α,β-unsaturated/α-hetero) is 1. The minimum Gasteiger partial charge on any atom is -0.496 e. The summed E-state index contributed by atoms with van der Waals surface area (Å²) in [4.78, 5) is 15.0. The number of halogens is 1. The SMILES string of the molecule is CC1=C2COC=C2CC(=O)C1CCN1CCC(NCc2ccc(C#N)c(F)c2)CC1. The van der Waals surface area contributed by atoms with Crippen molar-refractivity contribution < 1.29 is 13.9 Å². The van der Waals surface area contributed by atoms with Crippen molar-refractivity contribution in [1.29, 1.82) is 5.26 Å². The number of nitrogens with zero attached hydrogens (tertiary/aromatic N) is 2. The smallest absolute Gasteiger partial charge is 0.144 e. The number of rotatable bonds is 6. The van der Waals surface area contributed by atoms with E-state index in [-0.39, 0.29) is 11.5 Å². The molecule has 1 aromatic rings. The van der Waals surface area contributed by atoms with E-state index < -0.39 is 5.82 Å². The fourth-order valence-corrected chi connectivity index (χ4v) is 4.74. The number of nitriles is 1. The van der Waals surface area contributed by atoms with Crippen LogP contribution in [-0.4, -0.2) is 43.0 Å². The van der Waals surface area contributed by atoms with Gasteiger partial charge in [-0.3, -0.25) is 4.79 Å². The van der Waals surface area contributed by atoms with Gasteiger partial charge in [-0.05, 0) is 69.1 Å². The number of hydrogen-bond acceptors (Lipinski definition) is 5. The van der Waals surface area contributed by atoms with E-state index in [1.807, 2.05) is 6.07 Å². The van der Waals surface area contributed by atoms with Crippen molar-refractivity contribution in [3.63, 3.8) is 0 Å². The number of nitrogens with one attached hydrogen (secondary N) is 1. The van der Waals surface area contributed by atoms with Crippen molar-refractivity contribution in [3.8, 4) is 6.07 Å². The highest BCUT2D eigenvalue weighted by molar-refractivity contribution is 5.89. The van der Waals surface area contributed by atoms with Gasteiger partial charge >= 0.3 is 0 Å². The second-order valence-corrected chi connectivity index (χ2v) is 8.52. The molecule has 0 amide bonds. The molecule has 0 radical (unpaired) electrons. The van der Waals surface area contributed by atoms with Crippen molar-refractivity contribution in [3.05, 3.63) is 58.1 Å². The Morgan fingerprint density at radius 3 is 2.87 bits per heavy atom. The molecule has 1 saturated heterocycles. The van der Waals surface area contributed by atoms with E-state index in [0.717, 1.165) is 50.0 Å². The lowest BCUT2D eigenvalue weighted by Crippen LogP contribution is -2.43. The van der Waals surface area contributed by atoms with Crippen LogP contribution in [0.15, 0.2) is 41.2 Å². The number of carbonyl (C=O) groups excluding carboxylic acids is 1. The van der Waals surface area contributed by atoms with E-state index in [0.29, 0.717) is 31.4 Å². The molecule has 30 heavy (non-hydrogen) atoms. The monoisotopic (exact) mass is 409 g/mol. The summed E-state index contributed by atoms with van der Waals surface area (Å²) in [6, 6.07) is 7.04. The first kappa shape index (κ1) is 20.8. The Kier molecular flexibility index (Phi) is 6.31. The van der Waals surface area contributed by atoms with Crippen molar-refractivity contribution in [2.24, 2.45) is 5.92 Å². The van der Waals surface area contributed by atoms with Gasteiger partial charge in [0.25, 0.3) is 0 Å². The molecule has 1 N–H and O–H groups in total. The van der Waals surface area contributed by atoms with Crippen LogP contribution in [0.2, 0.25) is 0 Å². The highest BCUT2D eigenvalue weighted by Crippen LogP contribution is 2.36. The summed E-state index contributed by atoms with van der Waals surface area (Å²) in [5.74, 6) is -0.110. The number of ether oxygens (including phenoxy) is 1.